The monoisotopic (exact) mass is 295 g/mol. The molecule has 0 saturated heterocycles. The van der Waals surface area contributed by atoms with Gasteiger partial charge >= 0.3 is 5.97 Å². The number of carboxylic acid groups (broad SMARTS) is 1. The fourth-order valence-electron chi connectivity index (χ4n) is 2.47. The van der Waals surface area contributed by atoms with Gasteiger partial charge in [-0.15, -0.1) is 0 Å². The molecule has 21 heavy (non-hydrogen) atoms. The van der Waals surface area contributed by atoms with E-state index in [1.807, 2.05) is 17.7 Å². The van der Waals surface area contributed by atoms with Crippen LogP contribution in [-0.2, 0) is 9.59 Å². The van der Waals surface area contributed by atoms with Crippen molar-refractivity contribution in [3.05, 3.63) is 18.7 Å². The summed E-state index contributed by atoms with van der Waals surface area (Å²) in [6.45, 7) is 5.52. The van der Waals surface area contributed by atoms with Crippen LogP contribution >= 0.6 is 0 Å². The van der Waals surface area contributed by atoms with Crippen molar-refractivity contribution in [1.29, 1.82) is 0 Å². The van der Waals surface area contributed by atoms with E-state index in [1.165, 1.54) is 0 Å². The van der Waals surface area contributed by atoms with E-state index in [0.29, 0.717) is 12.8 Å². The predicted octanol–water partition coefficient (Wildman–Crippen LogP) is 2.37. The maximum absolute atomic E-state index is 12.2. The third-order valence-electron chi connectivity index (χ3n) is 3.63. The topological polar surface area (TPSA) is 84.2 Å². The highest BCUT2D eigenvalue weighted by atomic mass is 16.4. The van der Waals surface area contributed by atoms with Crippen LogP contribution in [0.25, 0.3) is 0 Å². The van der Waals surface area contributed by atoms with Crippen molar-refractivity contribution in [2.45, 2.75) is 64.5 Å². The number of amides is 1. The van der Waals surface area contributed by atoms with Crippen molar-refractivity contribution >= 4 is 11.9 Å². The van der Waals surface area contributed by atoms with Gasteiger partial charge in [0, 0.05) is 24.9 Å². The lowest BCUT2D eigenvalue weighted by Crippen LogP contribution is -2.52. The number of carbonyl (C=O) groups excluding carboxylic acids is 1. The zero-order valence-electron chi connectivity index (χ0n) is 13.0. The molecule has 2 unspecified atom stereocenters. The highest BCUT2D eigenvalue weighted by Gasteiger charge is 2.34. The van der Waals surface area contributed by atoms with Gasteiger partial charge in [-0.25, -0.2) is 9.78 Å². The molecule has 2 atom stereocenters. The van der Waals surface area contributed by atoms with Crippen LogP contribution in [0.2, 0.25) is 0 Å². The van der Waals surface area contributed by atoms with Gasteiger partial charge in [-0.05, 0) is 19.8 Å². The summed E-state index contributed by atoms with van der Waals surface area (Å²) in [5.74, 6) is -1.23. The third-order valence-corrected chi connectivity index (χ3v) is 3.63. The molecule has 0 radical (unpaired) electrons. The Balaban J connectivity index is 2.71. The number of hydrogen-bond donors (Lipinski definition) is 2. The van der Waals surface area contributed by atoms with Crippen LogP contribution < -0.4 is 5.32 Å². The van der Waals surface area contributed by atoms with Crippen LogP contribution in [0.3, 0.4) is 0 Å². The van der Waals surface area contributed by atoms with E-state index in [2.05, 4.69) is 17.2 Å². The molecule has 1 rings (SSSR count). The van der Waals surface area contributed by atoms with E-state index in [4.69, 9.17) is 0 Å². The smallest absolute Gasteiger partial charge is 0.329 e. The summed E-state index contributed by atoms with van der Waals surface area (Å²) in [6.07, 6.45) is 8.37. The minimum absolute atomic E-state index is 0.0113. The van der Waals surface area contributed by atoms with Crippen molar-refractivity contribution in [2.24, 2.45) is 0 Å². The first-order valence-electron chi connectivity index (χ1n) is 7.44. The molecule has 0 saturated carbocycles. The molecule has 1 heterocycles. The summed E-state index contributed by atoms with van der Waals surface area (Å²) in [6, 6.07) is 0.0113. The number of aliphatic carboxylic acids is 1. The van der Waals surface area contributed by atoms with Gasteiger partial charge in [0.25, 0.3) is 0 Å². The lowest BCUT2D eigenvalue weighted by atomic mass is 9.95. The normalized spacial score (nSPS) is 15.2. The molecule has 0 aliphatic heterocycles. The fourth-order valence-corrected chi connectivity index (χ4v) is 2.47. The molecular weight excluding hydrogens is 270 g/mol. The van der Waals surface area contributed by atoms with E-state index < -0.39 is 11.5 Å². The highest BCUT2D eigenvalue weighted by Crippen LogP contribution is 2.19. The second-order valence-corrected chi connectivity index (χ2v) is 5.59. The van der Waals surface area contributed by atoms with Gasteiger partial charge < -0.3 is 15.0 Å². The lowest BCUT2D eigenvalue weighted by Gasteiger charge is -2.27. The Morgan fingerprint density at radius 1 is 1.38 bits per heavy atom. The van der Waals surface area contributed by atoms with Crippen molar-refractivity contribution in [3.8, 4) is 0 Å². The number of carbonyl (C=O) groups is 2. The van der Waals surface area contributed by atoms with Crippen LogP contribution in [0, 0.1) is 0 Å². The van der Waals surface area contributed by atoms with Crippen molar-refractivity contribution in [1.82, 2.24) is 14.9 Å². The van der Waals surface area contributed by atoms with Crippen molar-refractivity contribution in [3.63, 3.8) is 0 Å². The van der Waals surface area contributed by atoms with Crippen molar-refractivity contribution in [2.75, 3.05) is 0 Å². The fraction of sp³-hybridized carbons (Fsp3) is 0.667. The van der Waals surface area contributed by atoms with Gasteiger partial charge in [0.15, 0.2) is 0 Å². The van der Waals surface area contributed by atoms with Crippen LogP contribution in [0.4, 0.5) is 0 Å². The Morgan fingerprint density at radius 3 is 2.57 bits per heavy atom. The average molecular weight is 295 g/mol. The zero-order valence-corrected chi connectivity index (χ0v) is 13.0. The maximum atomic E-state index is 12.2. The molecule has 0 spiro atoms. The molecule has 1 aromatic heterocycles. The summed E-state index contributed by atoms with van der Waals surface area (Å²) in [5, 5.41) is 12.0. The first kappa shape index (κ1) is 17.2. The van der Waals surface area contributed by atoms with Gasteiger partial charge in [-0.2, -0.15) is 0 Å². The number of nitrogens with zero attached hydrogens (tertiary/aromatic N) is 2. The molecule has 0 aromatic carbocycles. The Hall–Kier alpha value is -1.85. The third kappa shape index (κ3) is 4.88. The molecule has 1 aromatic rings. The summed E-state index contributed by atoms with van der Waals surface area (Å²) >= 11 is 0. The van der Waals surface area contributed by atoms with Crippen LogP contribution in [-0.4, -0.2) is 32.1 Å². The maximum Gasteiger partial charge on any atom is 0.329 e. The average Bonchev–Trinajstić information content (AvgIpc) is 2.91. The summed E-state index contributed by atoms with van der Waals surface area (Å²) in [7, 11) is 0. The molecule has 2 N–H and O–H groups in total. The van der Waals surface area contributed by atoms with E-state index in [-0.39, 0.29) is 18.4 Å². The summed E-state index contributed by atoms with van der Waals surface area (Å²) in [4.78, 5) is 27.6. The van der Waals surface area contributed by atoms with Crippen LogP contribution in [0.1, 0.15) is 58.9 Å². The number of hydrogen-bond acceptors (Lipinski definition) is 3. The molecule has 0 bridgehead atoms. The molecule has 0 aliphatic carbocycles. The minimum atomic E-state index is -1.20. The summed E-state index contributed by atoms with van der Waals surface area (Å²) in [5.41, 5.74) is -1.20. The quantitative estimate of drug-likeness (QED) is 0.732. The van der Waals surface area contributed by atoms with Crippen molar-refractivity contribution < 1.29 is 14.7 Å². The molecule has 0 fully saturated rings. The van der Waals surface area contributed by atoms with Gasteiger partial charge in [-0.3, -0.25) is 4.79 Å². The Labute approximate surface area is 125 Å². The Kier molecular flexibility index (Phi) is 6.39. The minimum Gasteiger partial charge on any atom is -0.480 e. The largest absolute Gasteiger partial charge is 0.480 e. The molecule has 118 valence electrons. The molecule has 6 heteroatoms. The van der Waals surface area contributed by atoms with E-state index in [9.17, 15) is 14.7 Å². The number of carboxylic acids is 1. The van der Waals surface area contributed by atoms with Crippen LogP contribution in [0.5, 0.6) is 0 Å². The predicted molar refractivity (Wildman–Crippen MR) is 79.9 cm³/mol. The Bertz CT molecular complexity index is 459. The SMILES string of the molecule is CCCC(CC(=O)NC(C)(CCC)C(=O)O)n1ccnc1. The second kappa shape index (κ2) is 7.81. The molecular formula is C15H25N3O3. The lowest BCUT2D eigenvalue weighted by molar-refractivity contribution is -0.147. The van der Waals surface area contributed by atoms with Gasteiger partial charge in [-0.1, -0.05) is 26.7 Å². The number of aromatic nitrogens is 2. The number of imidazole rings is 1. The molecule has 0 aliphatic rings. The van der Waals surface area contributed by atoms with Crippen LogP contribution in [0.15, 0.2) is 18.7 Å². The number of nitrogens with one attached hydrogen (secondary N) is 1. The standard InChI is InChI=1S/C15H25N3O3/c1-4-6-12(18-9-8-16-11-18)10-13(19)17-15(3,7-5-2)14(20)21/h8-9,11-12H,4-7,10H2,1-3H3,(H,17,19)(H,20,21). The zero-order chi connectivity index (χ0) is 15.9. The number of rotatable bonds is 9. The van der Waals surface area contributed by atoms with Gasteiger partial charge in [0.05, 0.1) is 6.33 Å². The Morgan fingerprint density at radius 2 is 2.10 bits per heavy atom. The van der Waals surface area contributed by atoms with E-state index in [0.717, 1.165) is 12.8 Å². The first-order valence-corrected chi connectivity index (χ1v) is 7.44. The summed E-state index contributed by atoms with van der Waals surface area (Å²) < 4.78 is 1.90. The first-order chi connectivity index (χ1) is 9.92. The molecule has 1 amide bonds. The highest BCUT2D eigenvalue weighted by molar-refractivity contribution is 5.86. The van der Waals surface area contributed by atoms with E-state index in [1.54, 1.807) is 19.4 Å². The van der Waals surface area contributed by atoms with E-state index >= 15 is 0 Å². The second-order valence-electron chi connectivity index (χ2n) is 5.59. The van der Waals surface area contributed by atoms with Gasteiger partial charge in [0.1, 0.15) is 5.54 Å². The molecule has 6 nitrogen and oxygen atoms in total. The van der Waals surface area contributed by atoms with Gasteiger partial charge in [0.2, 0.25) is 5.91 Å².